The highest BCUT2D eigenvalue weighted by atomic mass is 35.5. The number of hydrogen-bond donors (Lipinski definition) is 0. The van der Waals surface area contributed by atoms with E-state index in [-0.39, 0.29) is 5.82 Å². The predicted molar refractivity (Wildman–Crippen MR) is 52.4 cm³/mol. The van der Waals surface area contributed by atoms with Crippen LogP contribution in [0.5, 0.6) is 0 Å². The first-order valence-corrected chi connectivity index (χ1v) is 4.35. The molecule has 2 aromatic rings. The molecule has 4 heteroatoms. The van der Waals surface area contributed by atoms with Gasteiger partial charge >= 0.3 is 0 Å². The minimum absolute atomic E-state index is 0.351. The Labute approximate surface area is 85.4 Å². The quantitative estimate of drug-likeness (QED) is 0.720. The van der Waals surface area contributed by atoms with E-state index in [1.165, 1.54) is 18.5 Å². The molecule has 1 aromatic carbocycles. The molecular weight excluding hydrogens is 203 g/mol. The van der Waals surface area contributed by atoms with Gasteiger partial charge < -0.3 is 0 Å². The van der Waals surface area contributed by atoms with E-state index < -0.39 is 0 Å². The van der Waals surface area contributed by atoms with E-state index in [0.29, 0.717) is 5.02 Å². The van der Waals surface area contributed by atoms with Crippen molar-refractivity contribution >= 4 is 11.6 Å². The maximum Gasteiger partial charge on any atom is 0.124 e. The van der Waals surface area contributed by atoms with Gasteiger partial charge in [-0.1, -0.05) is 11.6 Å². The topological polar surface area (TPSA) is 25.8 Å². The predicted octanol–water partition coefficient (Wildman–Crippen LogP) is 2.94. The Morgan fingerprint density at radius 3 is 2.50 bits per heavy atom. The molecule has 0 radical (unpaired) electrons. The molecule has 14 heavy (non-hydrogen) atoms. The van der Waals surface area contributed by atoms with Crippen molar-refractivity contribution in [3.8, 4) is 11.1 Å². The van der Waals surface area contributed by atoms with Crippen LogP contribution in [0.25, 0.3) is 11.1 Å². The molecule has 0 saturated carbocycles. The van der Waals surface area contributed by atoms with Crippen molar-refractivity contribution in [2.75, 3.05) is 0 Å². The summed E-state index contributed by atoms with van der Waals surface area (Å²) in [6.45, 7) is 0. The summed E-state index contributed by atoms with van der Waals surface area (Å²) in [4.78, 5) is 7.72. The number of hydrogen-bond acceptors (Lipinski definition) is 2. The lowest BCUT2D eigenvalue weighted by molar-refractivity contribution is 0.628. The summed E-state index contributed by atoms with van der Waals surface area (Å²) < 4.78 is 12.7. The molecule has 0 aliphatic rings. The molecule has 0 N–H and O–H groups in total. The number of halogens is 2. The van der Waals surface area contributed by atoms with E-state index in [0.717, 1.165) is 11.1 Å². The summed E-state index contributed by atoms with van der Waals surface area (Å²) in [7, 11) is 0. The van der Waals surface area contributed by atoms with E-state index in [4.69, 9.17) is 11.6 Å². The summed E-state index contributed by atoms with van der Waals surface area (Å²) in [6.07, 6.45) is 4.69. The first-order chi connectivity index (χ1) is 6.77. The van der Waals surface area contributed by atoms with Gasteiger partial charge in [0.1, 0.15) is 12.1 Å². The van der Waals surface area contributed by atoms with Crippen LogP contribution in [0.3, 0.4) is 0 Å². The lowest BCUT2D eigenvalue weighted by Gasteiger charge is -2.02. The van der Waals surface area contributed by atoms with Crippen molar-refractivity contribution in [3.05, 3.63) is 47.8 Å². The monoisotopic (exact) mass is 208 g/mol. The van der Waals surface area contributed by atoms with Gasteiger partial charge in [-0.05, 0) is 18.2 Å². The second-order valence-electron chi connectivity index (χ2n) is 2.75. The molecule has 70 valence electrons. The fraction of sp³-hybridized carbons (Fsp3) is 0. The molecule has 0 unspecified atom stereocenters. The molecule has 2 rings (SSSR count). The average molecular weight is 209 g/mol. The number of rotatable bonds is 1. The van der Waals surface area contributed by atoms with Gasteiger partial charge in [-0.2, -0.15) is 0 Å². The van der Waals surface area contributed by atoms with Crippen molar-refractivity contribution in [2.45, 2.75) is 0 Å². The molecule has 0 spiro atoms. The largest absolute Gasteiger partial charge is 0.244 e. The summed E-state index contributed by atoms with van der Waals surface area (Å²) in [6, 6.07) is 4.23. The summed E-state index contributed by atoms with van der Waals surface area (Å²) in [5.74, 6) is -0.351. The van der Waals surface area contributed by atoms with E-state index in [9.17, 15) is 4.39 Å². The molecule has 0 saturated heterocycles. The zero-order chi connectivity index (χ0) is 9.97. The highest BCUT2D eigenvalue weighted by Crippen LogP contribution is 2.26. The third kappa shape index (κ3) is 1.72. The van der Waals surface area contributed by atoms with Crippen LogP contribution in [0.1, 0.15) is 0 Å². The summed E-state index contributed by atoms with van der Waals surface area (Å²) >= 11 is 5.87. The normalized spacial score (nSPS) is 10.1. The van der Waals surface area contributed by atoms with Crippen LogP contribution >= 0.6 is 11.6 Å². The van der Waals surface area contributed by atoms with Gasteiger partial charge in [0, 0.05) is 23.5 Å². The van der Waals surface area contributed by atoms with Gasteiger partial charge in [0.25, 0.3) is 0 Å². The lowest BCUT2D eigenvalue weighted by atomic mass is 10.1. The Morgan fingerprint density at radius 1 is 1.14 bits per heavy atom. The first-order valence-electron chi connectivity index (χ1n) is 3.98. The van der Waals surface area contributed by atoms with Crippen LogP contribution in [-0.2, 0) is 0 Å². The number of nitrogens with zero attached hydrogens (tertiary/aromatic N) is 2. The van der Waals surface area contributed by atoms with Crippen LogP contribution in [-0.4, -0.2) is 9.97 Å². The van der Waals surface area contributed by atoms with Crippen LogP contribution in [0.4, 0.5) is 4.39 Å². The fourth-order valence-electron chi connectivity index (χ4n) is 1.16. The van der Waals surface area contributed by atoms with Gasteiger partial charge in [0.15, 0.2) is 0 Å². The van der Waals surface area contributed by atoms with Gasteiger partial charge in [-0.25, -0.2) is 14.4 Å². The number of aromatic nitrogens is 2. The third-order valence-corrected chi connectivity index (χ3v) is 2.12. The highest BCUT2D eigenvalue weighted by Gasteiger charge is 2.04. The average Bonchev–Trinajstić information content (AvgIpc) is 2.19. The Morgan fingerprint density at radius 2 is 1.86 bits per heavy atom. The Kier molecular flexibility index (Phi) is 2.41. The summed E-state index contributed by atoms with van der Waals surface area (Å²) in [5, 5.41) is 0.361. The molecule has 0 amide bonds. The van der Waals surface area contributed by atoms with Crippen molar-refractivity contribution < 1.29 is 4.39 Å². The minimum Gasteiger partial charge on any atom is -0.244 e. The molecule has 0 atom stereocenters. The molecule has 1 aromatic heterocycles. The van der Waals surface area contributed by atoms with Crippen molar-refractivity contribution in [1.82, 2.24) is 9.97 Å². The van der Waals surface area contributed by atoms with E-state index >= 15 is 0 Å². The third-order valence-electron chi connectivity index (χ3n) is 1.80. The van der Waals surface area contributed by atoms with Gasteiger partial charge in [-0.15, -0.1) is 0 Å². The molecule has 0 aliphatic heterocycles. The highest BCUT2D eigenvalue weighted by molar-refractivity contribution is 6.33. The van der Waals surface area contributed by atoms with Crippen molar-refractivity contribution in [3.63, 3.8) is 0 Å². The molecule has 1 heterocycles. The molecule has 0 bridgehead atoms. The van der Waals surface area contributed by atoms with E-state index in [1.54, 1.807) is 18.5 Å². The Bertz CT molecular complexity index is 445. The molecular formula is C10H6ClFN2. The van der Waals surface area contributed by atoms with Crippen LogP contribution < -0.4 is 0 Å². The second kappa shape index (κ2) is 3.72. The SMILES string of the molecule is Fc1ccc(-c2cncnc2)c(Cl)c1. The number of benzene rings is 1. The summed E-state index contributed by atoms with van der Waals surface area (Å²) in [5.41, 5.74) is 1.51. The standard InChI is InChI=1S/C10H6ClFN2/c11-10-3-8(12)1-2-9(10)7-4-13-6-14-5-7/h1-6H. The van der Waals surface area contributed by atoms with Crippen LogP contribution in [0.2, 0.25) is 5.02 Å². The van der Waals surface area contributed by atoms with E-state index in [2.05, 4.69) is 9.97 Å². The maximum atomic E-state index is 12.7. The van der Waals surface area contributed by atoms with Gasteiger partial charge in [0.05, 0.1) is 5.02 Å². The van der Waals surface area contributed by atoms with Gasteiger partial charge in [0.2, 0.25) is 0 Å². The Hall–Kier alpha value is -1.48. The smallest absolute Gasteiger partial charge is 0.124 e. The maximum absolute atomic E-state index is 12.7. The molecule has 2 nitrogen and oxygen atoms in total. The Balaban J connectivity index is 2.53. The van der Waals surface area contributed by atoms with E-state index in [1.807, 2.05) is 0 Å². The zero-order valence-electron chi connectivity index (χ0n) is 7.11. The van der Waals surface area contributed by atoms with Crippen LogP contribution in [0.15, 0.2) is 36.9 Å². The molecule has 0 fully saturated rings. The van der Waals surface area contributed by atoms with Crippen molar-refractivity contribution in [1.29, 1.82) is 0 Å². The van der Waals surface area contributed by atoms with Gasteiger partial charge in [-0.3, -0.25) is 0 Å². The molecule has 0 aliphatic carbocycles. The first kappa shape index (κ1) is 9.09. The fourth-order valence-corrected chi connectivity index (χ4v) is 1.44. The zero-order valence-corrected chi connectivity index (χ0v) is 7.87. The minimum atomic E-state index is -0.351. The second-order valence-corrected chi connectivity index (χ2v) is 3.16. The lowest BCUT2D eigenvalue weighted by Crippen LogP contribution is -1.84. The van der Waals surface area contributed by atoms with Crippen molar-refractivity contribution in [2.24, 2.45) is 0 Å². The van der Waals surface area contributed by atoms with Crippen LogP contribution in [0, 0.1) is 5.82 Å².